The van der Waals surface area contributed by atoms with Crippen LogP contribution < -0.4 is 5.32 Å². The number of hydrogen-bond acceptors (Lipinski definition) is 2. The number of thiophene rings is 1. The SMILES string of the molecule is CCNC(CC)c1ccc(-c2ccccc2C)s1. The van der Waals surface area contributed by atoms with Crippen molar-refractivity contribution in [1.29, 1.82) is 0 Å². The summed E-state index contributed by atoms with van der Waals surface area (Å²) in [5.74, 6) is 0. The second-order valence-corrected chi connectivity index (χ2v) is 5.65. The average molecular weight is 259 g/mol. The summed E-state index contributed by atoms with van der Waals surface area (Å²) in [6.45, 7) is 7.60. The zero-order valence-corrected chi connectivity index (χ0v) is 12.2. The van der Waals surface area contributed by atoms with Crippen LogP contribution in [0.25, 0.3) is 10.4 Å². The number of hydrogen-bond donors (Lipinski definition) is 1. The molecule has 0 saturated carbocycles. The van der Waals surface area contributed by atoms with Gasteiger partial charge in [-0.15, -0.1) is 11.3 Å². The molecule has 1 heterocycles. The van der Waals surface area contributed by atoms with Crippen molar-refractivity contribution < 1.29 is 0 Å². The highest BCUT2D eigenvalue weighted by Crippen LogP contribution is 2.33. The van der Waals surface area contributed by atoms with Crippen molar-refractivity contribution in [2.75, 3.05) is 6.54 Å². The summed E-state index contributed by atoms with van der Waals surface area (Å²) in [6.07, 6.45) is 1.14. The van der Waals surface area contributed by atoms with E-state index >= 15 is 0 Å². The highest BCUT2D eigenvalue weighted by molar-refractivity contribution is 7.15. The zero-order chi connectivity index (χ0) is 13.0. The normalized spacial score (nSPS) is 12.6. The molecule has 0 saturated heterocycles. The molecule has 96 valence electrons. The van der Waals surface area contributed by atoms with Gasteiger partial charge >= 0.3 is 0 Å². The molecular weight excluding hydrogens is 238 g/mol. The number of aryl methyl sites for hydroxylation is 1. The fraction of sp³-hybridized carbons (Fsp3) is 0.375. The molecule has 1 unspecified atom stereocenters. The molecule has 1 nitrogen and oxygen atoms in total. The first-order valence-electron chi connectivity index (χ1n) is 6.65. The van der Waals surface area contributed by atoms with Gasteiger partial charge in [-0.2, -0.15) is 0 Å². The molecule has 0 bridgehead atoms. The summed E-state index contributed by atoms with van der Waals surface area (Å²) in [4.78, 5) is 2.82. The second-order valence-electron chi connectivity index (χ2n) is 4.54. The molecule has 0 aliphatic rings. The maximum Gasteiger partial charge on any atom is 0.0412 e. The minimum Gasteiger partial charge on any atom is -0.310 e. The Hall–Kier alpha value is -1.12. The van der Waals surface area contributed by atoms with E-state index < -0.39 is 0 Å². The minimum atomic E-state index is 0.498. The van der Waals surface area contributed by atoms with Gasteiger partial charge < -0.3 is 5.32 Å². The first-order valence-corrected chi connectivity index (χ1v) is 7.47. The quantitative estimate of drug-likeness (QED) is 0.814. The standard InChI is InChI=1S/C16H21NS/c1-4-14(17-5-2)16-11-10-15(18-16)13-9-7-6-8-12(13)3/h6-11,14,17H,4-5H2,1-3H3. The third-order valence-corrected chi connectivity index (χ3v) is 4.47. The van der Waals surface area contributed by atoms with Crippen LogP contribution >= 0.6 is 11.3 Å². The molecule has 0 fully saturated rings. The molecular formula is C16H21NS. The summed E-state index contributed by atoms with van der Waals surface area (Å²) in [5.41, 5.74) is 2.71. The Labute approximate surface area is 114 Å². The van der Waals surface area contributed by atoms with Crippen LogP contribution in [0.4, 0.5) is 0 Å². The van der Waals surface area contributed by atoms with E-state index in [1.807, 2.05) is 11.3 Å². The average Bonchev–Trinajstić information content (AvgIpc) is 2.85. The van der Waals surface area contributed by atoms with Crippen LogP contribution in [0.2, 0.25) is 0 Å². The van der Waals surface area contributed by atoms with Gasteiger partial charge in [0.2, 0.25) is 0 Å². The number of benzene rings is 1. The van der Waals surface area contributed by atoms with Crippen LogP contribution in [0.5, 0.6) is 0 Å². The number of nitrogens with one attached hydrogen (secondary N) is 1. The van der Waals surface area contributed by atoms with Crippen LogP contribution in [0.3, 0.4) is 0 Å². The Balaban J connectivity index is 2.28. The molecule has 0 spiro atoms. The van der Waals surface area contributed by atoms with Gasteiger partial charge in [0.25, 0.3) is 0 Å². The van der Waals surface area contributed by atoms with E-state index in [0.717, 1.165) is 13.0 Å². The lowest BCUT2D eigenvalue weighted by Gasteiger charge is -2.13. The fourth-order valence-electron chi connectivity index (χ4n) is 2.23. The monoisotopic (exact) mass is 259 g/mol. The van der Waals surface area contributed by atoms with Crippen molar-refractivity contribution >= 4 is 11.3 Å². The van der Waals surface area contributed by atoms with Crippen LogP contribution in [-0.4, -0.2) is 6.54 Å². The lowest BCUT2D eigenvalue weighted by Crippen LogP contribution is -2.18. The van der Waals surface area contributed by atoms with Gasteiger partial charge in [0, 0.05) is 15.8 Å². The predicted octanol–water partition coefficient (Wildman–Crippen LogP) is 4.78. The predicted molar refractivity (Wildman–Crippen MR) is 81.2 cm³/mol. The van der Waals surface area contributed by atoms with Gasteiger partial charge in [0.1, 0.15) is 0 Å². The molecule has 1 atom stereocenters. The van der Waals surface area contributed by atoms with Gasteiger partial charge in [-0.3, -0.25) is 0 Å². The van der Waals surface area contributed by atoms with E-state index in [-0.39, 0.29) is 0 Å². The minimum absolute atomic E-state index is 0.498. The Kier molecular flexibility index (Phi) is 4.56. The molecule has 2 heteroatoms. The van der Waals surface area contributed by atoms with E-state index in [9.17, 15) is 0 Å². The first kappa shape index (κ1) is 13.3. The third kappa shape index (κ3) is 2.82. The van der Waals surface area contributed by atoms with E-state index in [4.69, 9.17) is 0 Å². The molecule has 1 N–H and O–H groups in total. The van der Waals surface area contributed by atoms with E-state index in [0.29, 0.717) is 6.04 Å². The molecule has 1 aromatic heterocycles. The molecule has 1 aromatic carbocycles. The Morgan fingerprint density at radius 3 is 2.56 bits per heavy atom. The van der Waals surface area contributed by atoms with Crippen LogP contribution in [0, 0.1) is 6.92 Å². The summed E-state index contributed by atoms with van der Waals surface area (Å²) >= 11 is 1.91. The van der Waals surface area contributed by atoms with Gasteiger partial charge in [-0.05, 0) is 43.1 Å². The van der Waals surface area contributed by atoms with Crippen LogP contribution in [0.15, 0.2) is 36.4 Å². The molecule has 0 aliphatic carbocycles. The van der Waals surface area contributed by atoms with Crippen molar-refractivity contribution in [3.05, 3.63) is 46.8 Å². The Bertz CT molecular complexity index is 501. The van der Waals surface area contributed by atoms with Gasteiger partial charge in [0.05, 0.1) is 0 Å². The molecule has 0 amide bonds. The van der Waals surface area contributed by atoms with Gasteiger partial charge in [-0.1, -0.05) is 38.1 Å². The smallest absolute Gasteiger partial charge is 0.0412 e. The summed E-state index contributed by atoms with van der Waals surface area (Å²) in [6, 6.07) is 13.6. The largest absolute Gasteiger partial charge is 0.310 e. The highest BCUT2D eigenvalue weighted by Gasteiger charge is 2.12. The van der Waals surface area contributed by atoms with Crippen molar-refractivity contribution in [3.63, 3.8) is 0 Å². The van der Waals surface area contributed by atoms with Gasteiger partial charge in [-0.25, -0.2) is 0 Å². The molecule has 2 rings (SSSR count). The molecule has 0 radical (unpaired) electrons. The lowest BCUT2D eigenvalue weighted by atomic mass is 10.1. The Morgan fingerprint density at radius 2 is 1.89 bits per heavy atom. The van der Waals surface area contributed by atoms with Crippen molar-refractivity contribution in [3.8, 4) is 10.4 Å². The topological polar surface area (TPSA) is 12.0 Å². The molecule has 0 aliphatic heterocycles. The van der Waals surface area contributed by atoms with Crippen LogP contribution in [0.1, 0.15) is 36.8 Å². The number of rotatable bonds is 5. The molecule has 2 aromatic rings. The highest BCUT2D eigenvalue weighted by atomic mass is 32.1. The fourth-order valence-corrected chi connectivity index (χ4v) is 3.48. The summed E-state index contributed by atoms with van der Waals surface area (Å²) in [5, 5.41) is 3.54. The van der Waals surface area contributed by atoms with Gasteiger partial charge in [0.15, 0.2) is 0 Å². The second kappa shape index (κ2) is 6.17. The van der Waals surface area contributed by atoms with E-state index in [2.05, 4.69) is 62.5 Å². The van der Waals surface area contributed by atoms with Crippen molar-refractivity contribution in [2.24, 2.45) is 0 Å². The van der Waals surface area contributed by atoms with Crippen LogP contribution in [-0.2, 0) is 0 Å². The third-order valence-electron chi connectivity index (χ3n) is 3.24. The summed E-state index contributed by atoms with van der Waals surface area (Å²) < 4.78 is 0. The maximum absolute atomic E-state index is 3.54. The maximum atomic E-state index is 3.54. The zero-order valence-electron chi connectivity index (χ0n) is 11.4. The Morgan fingerprint density at radius 1 is 1.11 bits per heavy atom. The van der Waals surface area contributed by atoms with Crippen molar-refractivity contribution in [2.45, 2.75) is 33.2 Å². The lowest BCUT2D eigenvalue weighted by molar-refractivity contribution is 0.545. The van der Waals surface area contributed by atoms with Crippen molar-refractivity contribution in [1.82, 2.24) is 5.32 Å². The summed E-state index contributed by atoms with van der Waals surface area (Å²) in [7, 11) is 0. The molecule has 18 heavy (non-hydrogen) atoms. The first-order chi connectivity index (χ1) is 8.76. The van der Waals surface area contributed by atoms with E-state index in [1.165, 1.54) is 20.9 Å². The van der Waals surface area contributed by atoms with E-state index in [1.54, 1.807) is 0 Å².